The number of hydrogen-bond donors (Lipinski definition) is 0. The van der Waals surface area contributed by atoms with Gasteiger partial charge in [-0.3, -0.25) is 4.79 Å². The Morgan fingerprint density at radius 1 is 1.23 bits per heavy atom. The first kappa shape index (κ1) is 17.8. The Labute approximate surface area is 157 Å². The van der Waals surface area contributed by atoms with Gasteiger partial charge >= 0.3 is 0 Å². The summed E-state index contributed by atoms with van der Waals surface area (Å²) in [6, 6.07) is 6.30. The third-order valence-electron chi connectivity index (χ3n) is 7.01. The molecule has 4 nitrogen and oxygen atoms in total. The maximum atomic E-state index is 13.1. The lowest BCUT2D eigenvalue weighted by molar-refractivity contribution is -0.119. The van der Waals surface area contributed by atoms with Gasteiger partial charge in [-0.05, 0) is 69.1 Å². The quantitative estimate of drug-likeness (QED) is 0.818. The van der Waals surface area contributed by atoms with E-state index in [1.54, 1.807) is 7.11 Å². The van der Waals surface area contributed by atoms with Crippen LogP contribution in [0.25, 0.3) is 0 Å². The van der Waals surface area contributed by atoms with Gasteiger partial charge in [0.25, 0.3) is 0 Å². The average molecular weight is 357 g/mol. The molecule has 1 aromatic rings. The van der Waals surface area contributed by atoms with Crippen LogP contribution in [-0.4, -0.2) is 44.6 Å². The number of hydrogen-bond acceptors (Lipinski definition) is 3. The molecule has 2 heterocycles. The van der Waals surface area contributed by atoms with Crippen molar-refractivity contribution in [1.29, 1.82) is 0 Å². The molecule has 142 valence electrons. The molecule has 4 rings (SSSR count). The summed E-state index contributed by atoms with van der Waals surface area (Å²) in [4.78, 5) is 17.6. The lowest BCUT2D eigenvalue weighted by Gasteiger charge is -2.38. The summed E-state index contributed by atoms with van der Waals surface area (Å²) in [5.74, 6) is 2.00. The van der Waals surface area contributed by atoms with E-state index in [9.17, 15) is 4.79 Å². The van der Waals surface area contributed by atoms with Crippen LogP contribution in [0.4, 0.5) is 5.69 Å². The first-order valence-electron chi connectivity index (χ1n) is 10.3. The molecule has 1 aromatic carbocycles. The van der Waals surface area contributed by atoms with Crippen LogP contribution in [0.2, 0.25) is 0 Å². The number of benzene rings is 1. The van der Waals surface area contributed by atoms with Gasteiger partial charge in [-0.2, -0.15) is 0 Å². The lowest BCUT2D eigenvalue weighted by Crippen LogP contribution is -2.44. The number of fused-ring (bicyclic) bond motifs is 2. The van der Waals surface area contributed by atoms with Gasteiger partial charge in [-0.15, -0.1) is 0 Å². The van der Waals surface area contributed by atoms with Crippen molar-refractivity contribution in [3.63, 3.8) is 0 Å². The smallest absolute Gasteiger partial charge is 0.227 e. The molecule has 4 heteroatoms. The van der Waals surface area contributed by atoms with Crippen molar-refractivity contribution < 1.29 is 9.53 Å². The van der Waals surface area contributed by atoms with E-state index in [0.29, 0.717) is 12.3 Å². The van der Waals surface area contributed by atoms with E-state index in [0.717, 1.165) is 56.3 Å². The van der Waals surface area contributed by atoms with Gasteiger partial charge in [-0.25, -0.2) is 0 Å². The van der Waals surface area contributed by atoms with Crippen LogP contribution in [-0.2, 0) is 10.2 Å². The highest BCUT2D eigenvalue weighted by Gasteiger charge is 2.46. The number of likely N-dealkylation sites (tertiary alicyclic amines) is 1. The summed E-state index contributed by atoms with van der Waals surface area (Å²) in [6.07, 6.45) is 9.34. The van der Waals surface area contributed by atoms with E-state index >= 15 is 0 Å². The zero-order chi connectivity index (χ0) is 18.1. The molecule has 1 amide bonds. The number of ether oxygens (including phenoxy) is 1. The van der Waals surface area contributed by atoms with E-state index in [4.69, 9.17) is 4.74 Å². The minimum absolute atomic E-state index is 0.111. The minimum atomic E-state index is 0.111. The Hall–Kier alpha value is -1.55. The Bertz CT molecular complexity index is 658. The van der Waals surface area contributed by atoms with E-state index in [2.05, 4.69) is 29.0 Å². The highest BCUT2D eigenvalue weighted by Crippen LogP contribution is 2.48. The Kier molecular flexibility index (Phi) is 4.96. The maximum Gasteiger partial charge on any atom is 0.227 e. The molecule has 0 unspecified atom stereocenters. The predicted molar refractivity (Wildman–Crippen MR) is 105 cm³/mol. The van der Waals surface area contributed by atoms with Gasteiger partial charge in [0.2, 0.25) is 5.91 Å². The highest BCUT2D eigenvalue weighted by molar-refractivity contribution is 5.96. The largest absolute Gasteiger partial charge is 0.497 e. The van der Waals surface area contributed by atoms with Crippen LogP contribution in [0.3, 0.4) is 0 Å². The second kappa shape index (κ2) is 7.22. The van der Waals surface area contributed by atoms with Crippen molar-refractivity contribution in [3.8, 4) is 5.75 Å². The van der Waals surface area contributed by atoms with Crippen LogP contribution in [0.15, 0.2) is 18.2 Å². The van der Waals surface area contributed by atoms with Gasteiger partial charge in [0, 0.05) is 24.1 Å². The van der Waals surface area contributed by atoms with E-state index in [-0.39, 0.29) is 5.41 Å². The summed E-state index contributed by atoms with van der Waals surface area (Å²) >= 11 is 0. The maximum absolute atomic E-state index is 13.1. The number of carbonyl (C=O) groups excluding carboxylic acids is 1. The minimum Gasteiger partial charge on any atom is -0.497 e. The summed E-state index contributed by atoms with van der Waals surface area (Å²) in [7, 11) is 3.92. The molecule has 0 bridgehead atoms. The molecule has 26 heavy (non-hydrogen) atoms. The van der Waals surface area contributed by atoms with Crippen molar-refractivity contribution in [2.75, 3.05) is 38.7 Å². The van der Waals surface area contributed by atoms with Gasteiger partial charge in [-0.1, -0.05) is 25.7 Å². The second-order valence-electron chi connectivity index (χ2n) is 8.64. The van der Waals surface area contributed by atoms with Gasteiger partial charge in [0.1, 0.15) is 5.75 Å². The molecule has 0 atom stereocenters. The monoisotopic (exact) mass is 356 g/mol. The molecular weight excluding hydrogens is 324 g/mol. The lowest BCUT2D eigenvalue weighted by atomic mass is 9.74. The number of methoxy groups -OCH3 is 1. The van der Waals surface area contributed by atoms with Gasteiger partial charge < -0.3 is 14.5 Å². The fraction of sp³-hybridized carbons (Fsp3) is 0.682. The molecule has 0 aromatic heterocycles. The molecule has 0 N–H and O–H groups in total. The summed E-state index contributed by atoms with van der Waals surface area (Å²) < 4.78 is 5.49. The zero-order valence-electron chi connectivity index (χ0n) is 16.3. The van der Waals surface area contributed by atoms with Crippen LogP contribution >= 0.6 is 0 Å². The molecule has 1 saturated heterocycles. The molecule has 0 radical (unpaired) electrons. The molecule has 2 fully saturated rings. The number of nitrogens with zero attached hydrogens (tertiary/aromatic N) is 2. The van der Waals surface area contributed by atoms with E-state index < -0.39 is 0 Å². The number of anilines is 1. The second-order valence-corrected chi connectivity index (χ2v) is 8.64. The van der Waals surface area contributed by atoms with Crippen molar-refractivity contribution in [2.24, 2.45) is 5.92 Å². The molecule has 1 spiro atoms. The van der Waals surface area contributed by atoms with E-state index in [1.807, 2.05) is 6.07 Å². The topological polar surface area (TPSA) is 32.8 Å². The fourth-order valence-electron chi connectivity index (χ4n) is 5.23. The normalized spacial score (nSPS) is 22.8. The van der Waals surface area contributed by atoms with Crippen LogP contribution < -0.4 is 9.64 Å². The number of piperidine rings is 1. The average Bonchev–Trinajstić information content (AvgIpc) is 3.29. The van der Waals surface area contributed by atoms with Gasteiger partial charge in [0.15, 0.2) is 0 Å². The third kappa shape index (κ3) is 3.24. The summed E-state index contributed by atoms with van der Waals surface area (Å²) in [5.41, 5.74) is 2.57. The molecule has 3 aliphatic rings. The van der Waals surface area contributed by atoms with Crippen molar-refractivity contribution in [1.82, 2.24) is 4.90 Å². The zero-order valence-corrected chi connectivity index (χ0v) is 16.3. The van der Waals surface area contributed by atoms with E-state index in [1.165, 1.54) is 31.2 Å². The molecule has 2 aliphatic heterocycles. The van der Waals surface area contributed by atoms with Crippen molar-refractivity contribution >= 4 is 11.6 Å². The third-order valence-corrected chi connectivity index (χ3v) is 7.01. The van der Waals surface area contributed by atoms with Crippen LogP contribution in [0.5, 0.6) is 5.75 Å². The van der Waals surface area contributed by atoms with Crippen molar-refractivity contribution in [2.45, 2.75) is 56.8 Å². The molecule has 1 aliphatic carbocycles. The summed E-state index contributed by atoms with van der Waals surface area (Å²) in [6.45, 7) is 3.05. The fourth-order valence-corrected chi connectivity index (χ4v) is 5.23. The Morgan fingerprint density at radius 3 is 2.65 bits per heavy atom. The predicted octanol–water partition coefficient (Wildman–Crippen LogP) is 3.98. The van der Waals surface area contributed by atoms with Crippen molar-refractivity contribution in [3.05, 3.63) is 23.8 Å². The number of amides is 1. The number of carbonyl (C=O) groups is 1. The molecular formula is C22H32N2O2. The standard InChI is InChI=1S/C22H32N2O2/c1-23-13-11-22(12-14-23)16-24(20-9-8-18(26-2)15-19(20)22)21(25)10-7-17-5-3-4-6-17/h8-9,15,17H,3-7,10-14,16H2,1-2H3. The van der Waals surface area contributed by atoms with Gasteiger partial charge in [0.05, 0.1) is 7.11 Å². The first-order valence-corrected chi connectivity index (χ1v) is 10.3. The summed E-state index contributed by atoms with van der Waals surface area (Å²) in [5, 5.41) is 0. The Morgan fingerprint density at radius 2 is 1.96 bits per heavy atom. The first-order chi connectivity index (χ1) is 12.6. The number of rotatable bonds is 4. The van der Waals surface area contributed by atoms with Crippen LogP contribution in [0, 0.1) is 5.92 Å². The van der Waals surface area contributed by atoms with Crippen LogP contribution in [0.1, 0.15) is 56.9 Å². The SMILES string of the molecule is COc1ccc2c(c1)C1(CCN(C)CC1)CN2C(=O)CCC1CCCC1. The molecule has 1 saturated carbocycles. The highest BCUT2D eigenvalue weighted by atomic mass is 16.5. The Balaban J connectivity index is 1.56.